The number of amides is 2. The van der Waals surface area contributed by atoms with Crippen molar-refractivity contribution >= 4 is 17.8 Å². The van der Waals surface area contributed by atoms with Gasteiger partial charge in [-0.05, 0) is 44.7 Å². The van der Waals surface area contributed by atoms with Crippen LogP contribution in [0.2, 0.25) is 0 Å². The number of carbonyl (C=O) groups excluding carboxylic acids is 2. The lowest BCUT2D eigenvalue weighted by Crippen LogP contribution is -2.48. The summed E-state index contributed by atoms with van der Waals surface area (Å²) in [4.78, 5) is 39.8. The minimum atomic E-state index is -0.767. The van der Waals surface area contributed by atoms with Crippen LogP contribution in [0.4, 0.5) is 0 Å². The van der Waals surface area contributed by atoms with Crippen molar-refractivity contribution in [3.8, 4) is 0 Å². The SMILES string of the molecule is CC(CCC(=O)O)N1CCC(N2C(=O)c3c(C(N)=O)cccc3C2C)CC1. The summed E-state index contributed by atoms with van der Waals surface area (Å²) in [6, 6.07) is 5.54. The number of nitrogens with zero attached hydrogens (tertiary/aromatic N) is 2. The zero-order valence-electron chi connectivity index (χ0n) is 15.9. The maximum atomic E-state index is 13.1. The van der Waals surface area contributed by atoms with Crippen molar-refractivity contribution in [2.75, 3.05) is 13.1 Å². The second kappa shape index (κ2) is 7.68. The fourth-order valence-corrected chi connectivity index (χ4v) is 4.42. The Morgan fingerprint density at radius 1 is 1.30 bits per heavy atom. The fourth-order valence-electron chi connectivity index (χ4n) is 4.42. The number of rotatable bonds is 6. The lowest BCUT2D eigenvalue weighted by atomic mass is 9.99. The molecule has 0 aromatic heterocycles. The van der Waals surface area contributed by atoms with Gasteiger partial charge in [-0.15, -0.1) is 0 Å². The molecule has 7 heteroatoms. The highest BCUT2D eigenvalue weighted by Gasteiger charge is 2.41. The van der Waals surface area contributed by atoms with Gasteiger partial charge in [0.1, 0.15) is 0 Å². The first kappa shape index (κ1) is 19.4. The Morgan fingerprint density at radius 2 is 1.96 bits per heavy atom. The van der Waals surface area contributed by atoms with E-state index in [9.17, 15) is 14.4 Å². The highest BCUT2D eigenvalue weighted by Crippen LogP contribution is 2.38. The number of likely N-dealkylation sites (tertiary alicyclic amines) is 1. The number of hydrogen-bond acceptors (Lipinski definition) is 4. The van der Waals surface area contributed by atoms with Crippen LogP contribution in [-0.2, 0) is 4.79 Å². The molecule has 1 fully saturated rings. The predicted octanol–water partition coefficient (Wildman–Crippen LogP) is 2.02. The molecule has 1 aromatic rings. The second-order valence-corrected chi connectivity index (χ2v) is 7.57. The smallest absolute Gasteiger partial charge is 0.303 e. The summed E-state index contributed by atoms with van der Waals surface area (Å²) in [5.74, 6) is -1.45. The van der Waals surface area contributed by atoms with Crippen LogP contribution in [0.25, 0.3) is 0 Å². The molecule has 1 aromatic carbocycles. The van der Waals surface area contributed by atoms with Gasteiger partial charge in [-0.3, -0.25) is 14.4 Å². The van der Waals surface area contributed by atoms with E-state index < -0.39 is 11.9 Å². The third-order valence-electron chi connectivity index (χ3n) is 5.97. The molecular weight excluding hydrogens is 346 g/mol. The van der Waals surface area contributed by atoms with Gasteiger partial charge in [0.25, 0.3) is 5.91 Å². The van der Waals surface area contributed by atoms with Crippen molar-refractivity contribution in [2.24, 2.45) is 5.73 Å². The lowest BCUT2D eigenvalue weighted by molar-refractivity contribution is -0.137. The summed E-state index contributed by atoms with van der Waals surface area (Å²) in [7, 11) is 0. The summed E-state index contributed by atoms with van der Waals surface area (Å²) in [5, 5.41) is 8.86. The van der Waals surface area contributed by atoms with Crippen LogP contribution in [0.3, 0.4) is 0 Å². The second-order valence-electron chi connectivity index (χ2n) is 7.57. The Morgan fingerprint density at radius 3 is 2.56 bits per heavy atom. The third-order valence-corrected chi connectivity index (χ3v) is 5.97. The normalized spacial score (nSPS) is 21.9. The van der Waals surface area contributed by atoms with Crippen LogP contribution in [-0.4, -0.2) is 57.9 Å². The molecule has 0 spiro atoms. The van der Waals surface area contributed by atoms with Crippen molar-refractivity contribution < 1.29 is 19.5 Å². The van der Waals surface area contributed by atoms with E-state index in [0.29, 0.717) is 17.5 Å². The predicted molar refractivity (Wildman–Crippen MR) is 100 cm³/mol. The van der Waals surface area contributed by atoms with Gasteiger partial charge < -0.3 is 20.6 Å². The number of nitrogens with two attached hydrogens (primary N) is 1. The van der Waals surface area contributed by atoms with E-state index in [1.165, 1.54) is 0 Å². The van der Waals surface area contributed by atoms with Crippen molar-refractivity contribution in [2.45, 2.75) is 57.7 Å². The molecule has 2 atom stereocenters. The van der Waals surface area contributed by atoms with Crippen LogP contribution >= 0.6 is 0 Å². The minimum absolute atomic E-state index is 0.0761. The Hall–Kier alpha value is -2.41. The van der Waals surface area contributed by atoms with Gasteiger partial charge in [-0.25, -0.2) is 0 Å². The van der Waals surface area contributed by atoms with Crippen LogP contribution in [0.1, 0.15) is 71.9 Å². The van der Waals surface area contributed by atoms with E-state index in [0.717, 1.165) is 31.5 Å². The van der Waals surface area contributed by atoms with Crippen molar-refractivity contribution in [3.63, 3.8) is 0 Å². The molecule has 2 aliphatic heterocycles. The largest absolute Gasteiger partial charge is 0.481 e. The molecule has 2 unspecified atom stereocenters. The number of hydrogen-bond donors (Lipinski definition) is 2. The van der Waals surface area contributed by atoms with Crippen molar-refractivity contribution in [3.05, 3.63) is 34.9 Å². The molecule has 0 radical (unpaired) electrons. The third kappa shape index (κ3) is 3.69. The molecule has 3 rings (SSSR count). The number of piperidine rings is 1. The van der Waals surface area contributed by atoms with E-state index in [1.54, 1.807) is 12.1 Å². The average molecular weight is 373 g/mol. The molecule has 0 aliphatic carbocycles. The first-order valence-corrected chi connectivity index (χ1v) is 9.52. The number of carboxylic acids is 1. The minimum Gasteiger partial charge on any atom is -0.481 e. The van der Waals surface area contributed by atoms with Crippen LogP contribution in [0.5, 0.6) is 0 Å². The van der Waals surface area contributed by atoms with Gasteiger partial charge in [0.2, 0.25) is 5.91 Å². The van der Waals surface area contributed by atoms with Gasteiger partial charge >= 0.3 is 5.97 Å². The standard InChI is InChI=1S/C20H27N3O4/c1-12(6-7-17(24)25)22-10-8-14(9-11-22)23-13(2)15-4-3-5-16(19(21)26)18(15)20(23)27/h3-5,12-14H,6-11H2,1-2H3,(H2,21,26)(H,24,25). The molecule has 2 amide bonds. The molecule has 27 heavy (non-hydrogen) atoms. The van der Waals surface area contributed by atoms with E-state index in [-0.39, 0.29) is 30.5 Å². The summed E-state index contributed by atoms with van der Waals surface area (Å²) in [6.07, 6.45) is 2.49. The fraction of sp³-hybridized carbons (Fsp3) is 0.550. The zero-order chi connectivity index (χ0) is 19.7. The Bertz CT molecular complexity index is 756. The van der Waals surface area contributed by atoms with Crippen LogP contribution < -0.4 is 5.73 Å². The highest BCUT2D eigenvalue weighted by atomic mass is 16.4. The average Bonchev–Trinajstić information content (AvgIpc) is 2.90. The molecule has 1 saturated heterocycles. The van der Waals surface area contributed by atoms with Crippen LogP contribution in [0, 0.1) is 0 Å². The maximum Gasteiger partial charge on any atom is 0.303 e. The molecule has 146 valence electrons. The van der Waals surface area contributed by atoms with E-state index in [4.69, 9.17) is 10.8 Å². The van der Waals surface area contributed by atoms with Crippen LogP contribution in [0.15, 0.2) is 18.2 Å². The number of benzene rings is 1. The molecule has 2 aliphatic rings. The Balaban J connectivity index is 1.69. The Kier molecular flexibility index (Phi) is 5.51. The molecule has 3 N–H and O–H groups in total. The highest BCUT2D eigenvalue weighted by molar-refractivity contribution is 6.09. The first-order valence-electron chi connectivity index (χ1n) is 9.52. The van der Waals surface area contributed by atoms with E-state index >= 15 is 0 Å². The molecular formula is C20H27N3O4. The summed E-state index contributed by atoms with van der Waals surface area (Å²) >= 11 is 0. The van der Waals surface area contributed by atoms with Gasteiger partial charge in [0, 0.05) is 31.6 Å². The number of fused-ring (bicyclic) bond motifs is 1. The molecule has 0 bridgehead atoms. The van der Waals surface area contributed by atoms with Gasteiger partial charge in [0.05, 0.1) is 17.2 Å². The topological polar surface area (TPSA) is 104 Å². The summed E-state index contributed by atoms with van der Waals surface area (Å²) < 4.78 is 0. The lowest BCUT2D eigenvalue weighted by Gasteiger charge is -2.41. The van der Waals surface area contributed by atoms with Gasteiger partial charge in [-0.2, -0.15) is 0 Å². The first-order chi connectivity index (χ1) is 12.8. The monoisotopic (exact) mass is 373 g/mol. The summed E-state index contributed by atoms with van der Waals surface area (Å²) in [5.41, 5.74) is 7.08. The van der Waals surface area contributed by atoms with Crippen molar-refractivity contribution in [1.82, 2.24) is 9.80 Å². The number of carboxylic acid groups (broad SMARTS) is 1. The number of aliphatic carboxylic acids is 1. The molecule has 7 nitrogen and oxygen atoms in total. The maximum absolute atomic E-state index is 13.1. The summed E-state index contributed by atoms with van der Waals surface area (Å²) in [6.45, 7) is 5.72. The van der Waals surface area contributed by atoms with Crippen molar-refractivity contribution in [1.29, 1.82) is 0 Å². The number of primary amides is 1. The Labute approximate surface area is 159 Å². The molecule has 0 saturated carbocycles. The van der Waals surface area contributed by atoms with Gasteiger partial charge in [0.15, 0.2) is 0 Å². The molecule has 2 heterocycles. The zero-order valence-corrected chi connectivity index (χ0v) is 15.9. The van der Waals surface area contributed by atoms with E-state index in [1.807, 2.05) is 17.9 Å². The number of carbonyl (C=O) groups is 3. The van der Waals surface area contributed by atoms with E-state index in [2.05, 4.69) is 11.8 Å². The van der Waals surface area contributed by atoms with Gasteiger partial charge in [-0.1, -0.05) is 12.1 Å². The quantitative estimate of drug-likeness (QED) is 0.794.